The van der Waals surface area contributed by atoms with E-state index in [1.807, 2.05) is 0 Å². The third-order valence-electron chi connectivity index (χ3n) is 1.71. The van der Waals surface area contributed by atoms with E-state index in [2.05, 4.69) is 0 Å². The first kappa shape index (κ1) is 11.1. The Balaban J connectivity index is 3.14. The monoisotopic (exact) mass is 225 g/mol. The Hall–Kier alpha value is -0.940. The highest BCUT2D eigenvalue weighted by atomic mass is 35.5. The van der Waals surface area contributed by atoms with Crippen LogP contribution >= 0.6 is 11.6 Å². The van der Waals surface area contributed by atoms with Crippen LogP contribution in [0.3, 0.4) is 0 Å². The Morgan fingerprint density at radius 3 is 2.43 bits per heavy atom. The molecule has 0 saturated heterocycles. The number of phenolic OH excluding ortho intramolecular Hbond substituents is 1. The van der Waals surface area contributed by atoms with E-state index in [4.69, 9.17) is 17.3 Å². The molecule has 6 heteroatoms. The summed E-state index contributed by atoms with van der Waals surface area (Å²) >= 11 is 5.44. The van der Waals surface area contributed by atoms with E-state index in [0.29, 0.717) is 0 Å². The zero-order chi connectivity index (χ0) is 10.9. The van der Waals surface area contributed by atoms with E-state index in [-0.39, 0.29) is 5.02 Å². The summed E-state index contributed by atoms with van der Waals surface area (Å²) in [6.45, 7) is 0. The number of benzene rings is 1. The highest BCUT2D eigenvalue weighted by molar-refractivity contribution is 6.32. The summed E-state index contributed by atoms with van der Waals surface area (Å²) in [4.78, 5) is 0. The molecule has 0 saturated carbocycles. The van der Waals surface area contributed by atoms with Crippen molar-refractivity contribution in [2.75, 3.05) is 0 Å². The van der Waals surface area contributed by atoms with Gasteiger partial charge in [0.25, 0.3) is 0 Å². The number of aromatic hydroxyl groups is 1. The lowest BCUT2D eigenvalue weighted by atomic mass is 10.1. The van der Waals surface area contributed by atoms with Crippen LogP contribution in [0.1, 0.15) is 11.6 Å². The zero-order valence-electron chi connectivity index (χ0n) is 6.85. The standard InChI is InChI=1S/C8H7ClF3NO/c9-5-3-1-2-4(6(5)14)7(13)8(10,11)12/h1-3,7,14H,13H2/t7-/m1/s1. The van der Waals surface area contributed by atoms with Gasteiger partial charge in [0.05, 0.1) is 5.02 Å². The van der Waals surface area contributed by atoms with Crippen molar-refractivity contribution < 1.29 is 18.3 Å². The highest BCUT2D eigenvalue weighted by Crippen LogP contribution is 2.37. The van der Waals surface area contributed by atoms with Gasteiger partial charge in [-0.2, -0.15) is 13.2 Å². The number of halogens is 4. The van der Waals surface area contributed by atoms with Crippen LogP contribution in [0.2, 0.25) is 5.02 Å². The van der Waals surface area contributed by atoms with Gasteiger partial charge in [0.2, 0.25) is 0 Å². The topological polar surface area (TPSA) is 46.2 Å². The van der Waals surface area contributed by atoms with Gasteiger partial charge in [-0.05, 0) is 6.07 Å². The minimum Gasteiger partial charge on any atom is -0.506 e. The van der Waals surface area contributed by atoms with Crippen LogP contribution in [0.4, 0.5) is 13.2 Å². The van der Waals surface area contributed by atoms with Gasteiger partial charge in [0.1, 0.15) is 11.8 Å². The summed E-state index contributed by atoms with van der Waals surface area (Å²) in [6.07, 6.45) is -4.60. The molecule has 78 valence electrons. The molecule has 0 aliphatic rings. The highest BCUT2D eigenvalue weighted by Gasteiger charge is 2.39. The predicted molar refractivity (Wildman–Crippen MR) is 46.1 cm³/mol. The first-order valence-corrected chi connectivity index (χ1v) is 4.01. The second kappa shape index (κ2) is 3.67. The van der Waals surface area contributed by atoms with Crippen LogP contribution in [0.25, 0.3) is 0 Å². The van der Waals surface area contributed by atoms with E-state index in [1.165, 1.54) is 12.1 Å². The van der Waals surface area contributed by atoms with Gasteiger partial charge in [-0.15, -0.1) is 0 Å². The Bertz CT molecular complexity index is 340. The molecule has 14 heavy (non-hydrogen) atoms. The van der Waals surface area contributed by atoms with Gasteiger partial charge in [-0.1, -0.05) is 23.7 Å². The molecule has 0 radical (unpaired) electrons. The summed E-state index contributed by atoms with van der Waals surface area (Å²) in [5.74, 6) is -0.626. The van der Waals surface area contributed by atoms with Crippen molar-refractivity contribution in [1.29, 1.82) is 0 Å². The van der Waals surface area contributed by atoms with E-state index in [1.54, 1.807) is 0 Å². The molecule has 0 fully saturated rings. The minimum atomic E-state index is -4.60. The van der Waals surface area contributed by atoms with Crippen LogP contribution in [0.15, 0.2) is 18.2 Å². The molecule has 0 amide bonds. The van der Waals surface area contributed by atoms with E-state index in [9.17, 15) is 18.3 Å². The fraction of sp³-hybridized carbons (Fsp3) is 0.250. The van der Waals surface area contributed by atoms with E-state index >= 15 is 0 Å². The van der Waals surface area contributed by atoms with Crippen LogP contribution in [0.5, 0.6) is 5.75 Å². The first-order chi connectivity index (χ1) is 6.34. The largest absolute Gasteiger partial charge is 0.506 e. The lowest BCUT2D eigenvalue weighted by Gasteiger charge is -2.17. The fourth-order valence-electron chi connectivity index (χ4n) is 0.959. The normalized spacial score (nSPS) is 14.1. The Kier molecular flexibility index (Phi) is 2.92. The van der Waals surface area contributed by atoms with Crippen LogP contribution < -0.4 is 5.73 Å². The molecule has 0 aromatic heterocycles. The maximum absolute atomic E-state index is 12.2. The van der Waals surface area contributed by atoms with Crippen LogP contribution in [0, 0.1) is 0 Å². The molecule has 0 heterocycles. The number of para-hydroxylation sites is 1. The van der Waals surface area contributed by atoms with Crippen molar-refractivity contribution in [3.63, 3.8) is 0 Å². The molecule has 0 aliphatic carbocycles. The second-order valence-corrected chi connectivity index (χ2v) is 3.10. The predicted octanol–water partition coefficient (Wildman–Crippen LogP) is 2.61. The average Bonchev–Trinajstić information content (AvgIpc) is 2.07. The molecule has 0 unspecified atom stereocenters. The molecule has 0 aliphatic heterocycles. The van der Waals surface area contributed by atoms with Crippen molar-refractivity contribution in [2.45, 2.75) is 12.2 Å². The summed E-state index contributed by atoms with van der Waals surface area (Å²) in [5, 5.41) is 9.07. The van der Waals surface area contributed by atoms with Crippen molar-refractivity contribution >= 4 is 11.6 Å². The smallest absolute Gasteiger partial charge is 0.407 e. The molecule has 1 rings (SSSR count). The molecule has 1 aromatic carbocycles. The SMILES string of the molecule is N[C@H](c1cccc(Cl)c1O)C(F)(F)F. The van der Waals surface area contributed by atoms with E-state index < -0.39 is 23.5 Å². The third-order valence-corrected chi connectivity index (χ3v) is 2.01. The number of rotatable bonds is 1. The van der Waals surface area contributed by atoms with Crippen LogP contribution in [-0.4, -0.2) is 11.3 Å². The Morgan fingerprint density at radius 2 is 1.93 bits per heavy atom. The summed E-state index contributed by atoms with van der Waals surface area (Å²) < 4.78 is 36.5. The molecular weight excluding hydrogens is 219 g/mol. The summed E-state index contributed by atoms with van der Waals surface area (Å²) in [6, 6.07) is 1.44. The minimum absolute atomic E-state index is 0.151. The van der Waals surface area contributed by atoms with Gasteiger partial charge in [0, 0.05) is 5.56 Å². The number of phenols is 1. The number of alkyl halides is 3. The summed E-state index contributed by atoms with van der Waals surface area (Å²) in [5.41, 5.74) is 4.47. The Labute approximate surface area is 83.1 Å². The van der Waals surface area contributed by atoms with Gasteiger partial charge >= 0.3 is 6.18 Å². The van der Waals surface area contributed by atoms with Crippen molar-refractivity contribution in [3.8, 4) is 5.75 Å². The average molecular weight is 226 g/mol. The lowest BCUT2D eigenvalue weighted by Crippen LogP contribution is -2.28. The third kappa shape index (κ3) is 2.10. The Morgan fingerprint density at radius 1 is 1.36 bits per heavy atom. The fourth-order valence-corrected chi connectivity index (χ4v) is 1.14. The molecule has 1 atom stereocenters. The van der Waals surface area contributed by atoms with Gasteiger partial charge in [-0.3, -0.25) is 0 Å². The molecule has 3 N–H and O–H groups in total. The second-order valence-electron chi connectivity index (χ2n) is 2.70. The molecule has 2 nitrogen and oxygen atoms in total. The van der Waals surface area contributed by atoms with Gasteiger partial charge in [-0.25, -0.2) is 0 Å². The molecule has 0 spiro atoms. The molecule has 0 bridgehead atoms. The van der Waals surface area contributed by atoms with E-state index in [0.717, 1.165) is 6.07 Å². The molecule has 1 aromatic rings. The van der Waals surface area contributed by atoms with Gasteiger partial charge in [0.15, 0.2) is 0 Å². The maximum Gasteiger partial charge on any atom is 0.407 e. The number of hydrogen-bond donors (Lipinski definition) is 2. The first-order valence-electron chi connectivity index (χ1n) is 3.63. The quantitative estimate of drug-likeness (QED) is 0.772. The lowest BCUT2D eigenvalue weighted by molar-refractivity contribution is -0.149. The van der Waals surface area contributed by atoms with Crippen molar-refractivity contribution in [1.82, 2.24) is 0 Å². The maximum atomic E-state index is 12.2. The van der Waals surface area contributed by atoms with Crippen LogP contribution in [-0.2, 0) is 0 Å². The van der Waals surface area contributed by atoms with Gasteiger partial charge < -0.3 is 10.8 Å². The zero-order valence-corrected chi connectivity index (χ0v) is 7.60. The molecular formula is C8H7ClF3NO. The number of hydrogen-bond acceptors (Lipinski definition) is 2. The van der Waals surface area contributed by atoms with Crippen molar-refractivity contribution in [2.24, 2.45) is 5.73 Å². The number of nitrogens with two attached hydrogens (primary N) is 1. The van der Waals surface area contributed by atoms with Crippen molar-refractivity contribution in [3.05, 3.63) is 28.8 Å². The summed E-state index contributed by atoms with van der Waals surface area (Å²) in [7, 11) is 0.